The summed E-state index contributed by atoms with van der Waals surface area (Å²) < 4.78 is 10.8. The molecule has 1 saturated carbocycles. The summed E-state index contributed by atoms with van der Waals surface area (Å²) in [5.41, 5.74) is 1.07. The van der Waals surface area contributed by atoms with E-state index in [1.165, 1.54) is 19.3 Å². The Hall–Kier alpha value is -1.85. The molecule has 0 radical (unpaired) electrons. The number of rotatable bonds is 5. The van der Waals surface area contributed by atoms with Crippen LogP contribution in [0.1, 0.15) is 37.9 Å². The van der Waals surface area contributed by atoms with Gasteiger partial charge in [-0.15, -0.1) is 0 Å². The van der Waals surface area contributed by atoms with Crippen LogP contribution >= 0.6 is 0 Å². The molecule has 134 valence electrons. The average molecular weight is 342 g/mol. The van der Waals surface area contributed by atoms with Crippen molar-refractivity contribution in [3.05, 3.63) is 36.1 Å². The minimum Gasteiger partial charge on any atom is -0.497 e. The zero-order valence-electron chi connectivity index (χ0n) is 14.8. The summed E-state index contributed by atoms with van der Waals surface area (Å²) in [6.07, 6.45) is 6.14. The molecule has 2 fully saturated rings. The molecule has 0 unspecified atom stereocenters. The summed E-state index contributed by atoms with van der Waals surface area (Å²) in [6, 6.07) is 10.5. The molecular formula is C20H26N2O3. The first kappa shape index (κ1) is 16.6. The molecule has 2 heterocycles. The predicted octanol–water partition coefficient (Wildman–Crippen LogP) is 3.27. The number of hydrogen-bond acceptors (Lipinski definition) is 5. The van der Waals surface area contributed by atoms with E-state index in [1.807, 2.05) is 30.3 Å². The number of aromatic nitrogens is 1. The first-order chi connectivity index (χ1) is 12.1. The molecule has 0 bridgehead atoms. The van der Waals surface area contributed by atoms with Crippen molar-refractivity contribution in [3.63, 3.8) is 0 Å². The van der Waals surface area contributed by atoms with Gasteiger partial charge in [-0.05, 0) is 37.8 Å². The molecule has 4 rings (SSSR count). The van der Waals surface area contributed by atoms with Crippen molar-refractivity contribution >= 4 is 0 Å². The molecule has 2 aromatic rings. The number of benzene rings is 1. The highest BCUT2D eigenvalue weighted by Crippen LogP contribution is 2.33. The normalized spacial score (nSPS) is 21.0. The molecule has 5 nitrogen and oxygen atoms in total. The fourth-order valence-electron chi connectivity index (χ4n) is 3.87. The average Bonchev–Trinajstić information content (AvgIpc) is 3.03. The third kappa shape index (κ3) is 3.58. The Morgan fingerprint density at radius 1 is 1.28 bits per heavy atom. The van der Waals surface area contributed by atoms with Gasteiger partial charge in [-0.1, -0.05) is 23.7 Å². The number of ether oxygens (including phenoxy) is 1. The van der Waals surface area contributed by atoms with Gasteiger partial charge in [0.25, 0.3) is 0 Å². The number of hydrogen-bond donors (Lipinski definition) is 1. The lowest BCUT2D eigenvalue weighted by Crippen LogP contribution is -2.51. The molecule has 1 saturated heterocycles. The quantitative estimate of drug-likeness (QED) is 0.904. The monoisotopic (exact) mass is 342 g/mol. The van der Waals surface area contributed by atoms with Crippen LogP contribution in [0.2, 0.25) is 0 Å². The summed E-state index contributed by atoms with van der Waals surface area (Å²) in [7, 11) is 1.65. The van der Waals surface area contributed by atoms with Gasteiger partial charge in [0.15, 0.2) is 0 Å². The zero-order valence-corrected chi connectivity index (χ0v) is 14.8. The third-order valence-electron chi connectivity index (χ3n) is 5.75. The Morgan fingerprint density at radius 3 is 2.76 bits per heavy atom. The molecule has 25 heavy (non-hydrogen) atoms. The number of piperidine rings is 1. The van der Waals surface area contributed by atoms with Gasteiger partial charge < -0.3 is 19.3 Å². The highest BCUT2D eigenvalue weighted by Gasteiger charge is 2.37. The van der Waals surface area contributed by atoms with Gasteiger partial charge in [-0.2, -0.15) is 0 Å². The first-order valence-electron chi connectivity index (χ1n) is 9.22. The van der Waals surface area contributed by atoms with Crippen molar-refractivity contribution < 1.29 is 14.4 Å². The summed E-state index contributed by atoms with van der Waals surface area (Å²) in [4.78, 5) is 2.54. The van der Waals surface area contributed by atoms with Gasteiger partial charge >= 0.3 is 0 Å². The lowest BCUT2D eigenvalue weighted by atomic mass is 9.84. The first-order valence-corrected chi connectivity index (χ1v) is 9.22. The standard InChI is InChI=1S/C20H26N2O3/c1-24-17-7-2-4-15(12-17)19-13-18(25-21-19)14-20(23)8-10-22(11-9-20)16-5-3-6-16/h2,4,7,12-13,16,23H,3,5-6,8-11,14H2,1H3. The zero-order chi connectivity index (χ0) is 17.3. The van der Waals surface area contributed by atoms with Gasteiger partial charge in [0.1, 0.15) is 17.2 Å². The van der Waals surface area contributed by atoms with Gasteiger partial charge in [0.2, 0.25) is 0 Å². The molecule has 5 heteroatoms. The Balaban J connectivity index is 1.40. The fourth-order valence-corrected chi connectivity index (χ4v) is 3.87. The van der Waals surface area contributed by atoms with E-state index in [9.17, 15) is 5.11 Å². The Labute approximate surface area is 148 Å². The predicted molar refractivity (Wildman–Crippen MR) is 95.6 cm³/mol. The minimum atomic E-state index is -0.675. The van der Waals surface area contributed by atoms with Gasteiger partial charge in [-0.25, -0.2) is 0 Å². The molecule has 1 aliphatic heterocycles. The Morgan fingerprint density at radius 2 is 2.08 bits per heavy atom. The van der Waals surface area contributed by atoms with E-state index in [2.05, 4.69) is 10.1 Å². The van der Waals surface area contributed by atoms with Crippen LogP contribution in [0.3, 0.4) is 0 Å². The molecule has 1 aromatic heterocycles. The lowest BCUT2D eigenvalue weighted by Gasteiger charge is -2.44. The smallest absolute Gasteiger partial charge is 0.140 e. The van der Waals surface area contributed by atoms with Crippen LogP contribution < -0.4 is 4.74 Å². The highest BCUT2D eigenvalue weighted by atomic mass is 16.5. The van der Waals surface area contributed by atoms with E-state index >= 15 is 0 Å². The maximum atomic E-state index is 10.9. The number of aliphatic hydroxyl groups is 1. The van der Waals surface area contributed by atoms with Crippen LogP contribution in [0.5, 0.6) is 5.75 Å². The maximum Gasteiger partial charge on any atom is 0.140 e. The molecule has 0 amide bonds. The van der Waals surface area contributed by atoms with Gasteiger partial charge in [0.05, 0.1) is 12.7 Å². The van der Waals surface area contributed by atoms with E-state index in [-0.39, 0.29) is 0 Å². The van der Waals surface area contributed by atoms with Crippen LogP contribution in [0.15, 0.2) is 34.9 Å². The largest absolute Gasteiger partial charge is 0.497 e. The lowest BCUT2D eigenvalue weighted by molar-refractivity contribution is -0.0425. The van der Waals surface area contributed by atoms with Crippen molar-refractivity contribution in [3.8, 4) is 17.0 Å². The number of methoxy groups -OCH3 is 1. The van der Waals surface area contributed by atoms with E-state index in [4.69, 9.17) is 9.26 Å². The second-order valence-corrected chi connectivity index (χ2v) is 7.43. The molecule has 1 N–H and O–H groups in total. The van der Waals surface area contributed by atoms with Crippen LogP contribution in [0, 0.1) is 0 Å². The van der Waals surface area contributed by atoms with Crippen molar-refractivity contribution in [1.29, 1.82) is 0 Å². The second kappa shape index (κ2) is 6.81. The fraction of sp³-hybridized carbons (Fsp3) is 0.550. The van der Waals surface area contributed by atoms with Crippen LogP contribution in [0.25, 0.3) is 11.3 Å². The molecule has 2 aliphatic rings. The molecule has 0 spiro atoms. The van der Waals surface area contributed by atoms with Crippen LogP contribution in [-0.2, 0) is 6.42 Å². The summed E-state index contributed by atoms with van der Waals surface area (Å²) in [6.45, 7) is 1.97. The highest BCUT2D eigenvalue weighted by molar-refractivity contribution is 5.60. The number of likely N-dealkylation sites (tertiary alicyclic amines) is 1. The van der Waals surface area contributed by atoms with Crippen molar-refractivity contribution in [1.82, 2.24) is 10.1 Å². The van der Waals surface area contributed by atoms with Crippen molar-refractivity contribution in [2.45, 2.75) is 50.2 Å². The van der Waals surface area contributed by atoms with E-state index < -0.39 is 5.60 Å². The van der Waals surface area contributed by atoms with Crippen LogP contribution in [0.4, 0.5) is 0 Å². The molecule has 1 aliphatic carbocycles. The Kier molecular flexibility index (Phi) is 4.52. The van der Waals surface area contributed by atoms with Gasteiger partial charge in [-0.3, -0.25) is 0 Å². The maximum absolute atomic E-state index is 10.9. The van der Waals surface area contributed by atoms with E-state index in [1.54, 1.807) is 7.11 Å². The van der Waals surface area contributed by atoms with E-state index in [0.717, 1.165) is 54.7 Å². The minimum absolute atomic E-state index is 0.530. The molecule has 0 atom stereocenters. The van der Waals surface area contributed by atoms with Gasteiger partial charge in [0, 0.05) is 37.2 Å². The Bertz CT molecular complexity index is 715. The second-order valence-electron chi connectivity index (χ2n) is 7.43. The summed E-state index contributed by atoms with van der Waals surface area (Å²) >= 11 is 0. The molecular weight excluding hydrogens is 316 g/mol. The summed E-state index contributed by atoms with van der Waals surface area (Å²) in [5.74, 6) is 1.54. The summed E-state index contributed by atoms with van der Waals surface area (Å²) in [5, 5.41) is 15.1. The SMILES string of the molecule is COc1cccc(-c2cc(CC3(O)CCN(C4CCC4)CC3)on2)c1. The topological polar surface area (TPSA) is 58.7 Å². The van der Waals surface area contributed by atoms with Crippen molar-refractivity contribution in [2.24, 2.45) is 0 Å². The number of nitrogens with zero attached hydrogens (tertiary/aromatic N) is 2. The third-order valence-corrected chi connectivity index (χ3v) is 5.75. The van der Waals surface area contributed by atoms with E-state index in [0.29, 0.717) is 6.42 Å². The van der Waals surface area contributed by atoms with Crippen LogP contribution in [-0.4, -0.2) is 47.0 Å². The molecule has 1 aromatic carbocycles. The van der Waals surface area contributed by atoms with Crippen molar-refractivity contribution in [2.75, 3.05) is 20.2 Å².